The average Bonchev–Trinajstić information content (AvgIpc) is 3.14. The molecule has 2 fully saturated rings. The Morgan fingerprint density at radius 2 is 1.86 bits per heavy atom. The second kappa shape index (κ2) is 8.81. The molecule has 1 aromatic heterocycles. The highest BCUT2D eigenvalue weighted by Gasteiger charge is 2.41. The van der Waals surface area contributed by atoms with Crippen molar-refractivity contribution in [3.05, 3.63) is 59.2 Å². The van der Waals surface area contributed by atoms with Crippen LogP contribution in [-0.2, 0) is 11.2 Å². The van der Waals surface area contributed by atoms with Gasteiger partial charge >= 0.3 is 0 Å². The second-order valence-electron chi connectivity index (χ2n) is 8.31. The van der Waals surface area contributed by atoms with Crippen LogP contribution in [0.1, 0.15) is 32.3 Å². The van der Waals surface area contributed by atoms with Gasteiger partial charge in [0.15, 0.2) is 0 Å². The van der Waals surface area contributed by atoms with Gasteiger partial charge < -0.3 is 9.64 Å². The lowest BCUT2D eigenvalue weighted by Crippen LogP contribution is -2.52. The molecular formula is C23H30ClN3O. The predicted molar refractivity (Wildman–Crippen MR) is 115 cm³/mol. The topological polar surface area (TPSA) is 28.6 Å². The maximum atomic E-state index is 6.27. The number of hydrogen-bond acceptors (Lipinski definition) is 4. The van der Waals surface area contributed by atoms with Crippen LogP contribution in [0, 0.1) is 5.92 Å². The molecule has 1 unspecified atom stereocenters. The number of aromatic nitrogens is 1. The van der Waals surface area contributed by atoms with Crippen molar-refractivity contribution in [1.82, 2.24) is 9.88 Å². The largest absolute Gasteiger partial charge is 0.361 e. The number of nitrogens with zero attached hydrogens (tertiary/aromatic N) is 3. The molecule has 0 aliphatic carbocycles. The van der Waals surface area contributed by atoms with Gasteiger partial charge in [-0.1, -0.05) is 43.6 Å². The van der Waals surface area contributed by atoms with Crippen LogP contribution in [0.3, 0.4) is 0 Å². The van der Waals surface area contributed by atoms with Crippen LogP contribution in [0.4, 0.5) is 5.82 Å². The van der Waals surface area contributed by atoms with Gasteiger partial charge in [0.05, 0.1) is 6.61 Å². The van der Waals surface area contributed by atoms with Crippen LogP contribution < -0.4 is 4.90 Å². The van der Waals surface area contributed by atoms with Crippen molar-refractivity contribution in [2.24, 2.45) is 5.92 Å². The number of ether oxygens (including phenoxy) is 1. The Labute approximate surface area is 173 Å². The summed E-state index contributed by atoms with van der Waals surface area (Å²) in [7, 11) is 0. The molecule has 3 heterocycles. The molecule has 0 bridgehead atoms. The first-order valence-corrected chi connectivity index (χ1v) is 10.8. The molecule has 150 valence electrons. The molecular weight excluding hydrogens is 370 g/mol. The maximum Gasteiger partial charge on any atom is 0.128 e. The van der Waals surface area contributed by atoms with Crippen molar-refractivity contribution < 1.29 is 4.74 Å². The molecule has 2 atom stereocenters. The lowest BCUT2D eigenvalue weighted by molar-refractivity contribution is -0.0308. The Hall–Kier alpha value is -1.62. The fourth-order valence-electron chi connectivity index (χ4n) is 4.62. The van der Waals surface area contributed by atoms with Crippen molar-refractivity contribution in [2.75, 3.05) is 24.6 Å². The minimum absolute atomic E-state index is 0.212. The summed E-state index contributed by atoms with van der Waals surface area (Å²) in [5.74, 6) is 1.58. The van der Waals surface area contributed by atoms with E-state index in [1.54, 1.807) is 0 Å². The van der Waals surface area contributed by atoms with E-state index in [9.17, 15) is 0 Å². The fourth-order valence-corrected chi connectivity index (χ4v) is 4.75. The van der Waals surface area contributed by atoms with E-state index >= 15 is 0 Å². The van der Waals surface area contributed by atoms with E-state index in [2.05, 4.69) is 52.9 Å². The van der Waals surface area contributed by atoms with Gasteiger partial charge in [-0.15, -0.1) is 0 Å². The number of anilines is 1. The minimum atomic E-state index is 0.212. The highest BCUT2D eigenvalue weighted by molar-refractivity contribution is 6.30. The summed E-state index contributed by atoms with van der Waals surface area (Å²) in [6.07, 6.45) is 5.41. The summed E-state index contributed by atoms with van der Waals surface area (Å²) in [5.41, 5.74) is 1.33. The number of halogens is 1. The van der Waals surface area contributed by atoms with E-state index in [0.29, 0.717) is 18.0 Å². The first kappa shape index (κ1) is 19.7. The van der Waals surface area contributed by atoms with E-state index in [-0.39, 0.29) is 6.23 Å². The summed E-state index contributed by atoms with van der Waals surface area (Å²) < 4.78 is 6.27. The Bertz CT molecular complexity index is 744. The average molecular weight is 400 g/mol. The number of piperidine rings is 1. The SMILES string of the molecule is CC(C)C1OC[C@H](Cc2ccc(Cl)cc2)N1C1CCN(c2ccccn2)CC1. The lowest BCUT2D eigenvalue weighted by Gasteiger charge is -2.42. The van der Waals surface area contributed by atoms with Crippen LogP contribution in [0.15, 0.2) is 48.7 Å². The monoisotopic (exact) mass is 399 g/mol. The van der Waals surface area contributed by atoms with Gasteiger partial charge in [0.1, 0.15) is 12.0 Å². The molecule has 2 aromatic rings. The molecule has 4 nitrogen and oxygen atoms in total. The number of benzene rings is 1. The van der Waals surface area contributed by atoms with Crippen molar-refractivity contribution in [1.29, 1.82) is 0 Å². The third kappa shape index (κ3) is 4.35. The molecule has 2 aliphatic rings. The van der Waals surface area contributed by atoms with Gasteiger partial charge in [-0.05, 0) is 55.0 Å². The van der Waals surface area contributed by atoms with Crippen LogP contribution in [-0.4, -0.2) is 47.9 Å². The Morgan fingerprint density at radius 1 is 1.11 bits per heavy atom. The zero-order valence-corrected chi connectivity index (χ0v) is 17.6. The summed E-state index contributed by atoms with van der Waals surface area (Å²) in [4.78, 5) is 9.61. The van der Waals surface area contributed by atoms with Gasteiger partial charge in [0.25, 0.3) is 0 Å². The van der Waals surface area contributed by atoms with Crippen molar-refractivity contribution in [2.45, 2.75) is 51.4 Å². The smallest absolute Gasteiger partial charge is 0.128 e. The van der Waals surface area contributed by atoms with Gasteiger partial charge in [-0.2, -0.15) is 0 Å². The zero-order valence-electron chi connectivity index (χ0n) is 16.8. The Morgan fingerprint density at radius 3 is 2.50 bits per heavy atom. The third-order valence-electron chi connectivity index (χ3n) is 5.99. The summed E-state index contributed by atoms with van der Waals surface area (Å²) in [6, 6.07) is 15.4. The molecule has 5 heteroatoms. The van der Waals surface area contributed by atoms with Crippen molar-refractivity contribution in [3.63, 3.8) is 0 Å². The van der Waals surface area contributed by atoms with E-state index in [1.807, 2.05) is 24.4 Å². The summed E-state index contributed by atoms with van der Waals surface area (Å²) in [6.45, 7) is 7.45. The molecule has 0 N–H and O–H groups in total. The summed E-state index contributed by atoms with van der Waals surface area (Å²) >= 11 is 6.06. The Kier molecular flexibility index (Phi) is 6.19. The molecule has 2 aliphatic heterocycles. The van der Waals surface area contributed by atoms with Crippen LogP contribution in [0.2, 0.25) is 5.02 Å². The summed E-state index contributed by atoms with van der Waals surface area (Å²) in [5, 5.41) is 0.797. The van der Waals surface area contributed by atoms with Crippen LogP contribution >= 0.6 is 11.6 Å². The molecule has 4 rings (SSSR count). The Balaban J connectivity index is 1.45. The molecule has 0 spiro atoms. The standard InChI is InChI=1S/C23H30ClN3O/c1-17(2)23-27(21(16-28-23)15-18-6-8-19(24)9-7-18)20-10-13-26(14-11-20)22-5-3-4-12-25-22/h3-9,12,17,20-21,23H,10-11,13-16H2,1-2H3/t21-,23?/m0/s1. The van der Waals surface area contributed by atoms with Gasteiger partial charge in [0, 0.05) is 36.4 Å². The molecule has 2 saturated heterocycles. The highest BCUT2D eigenvalue weighted by Crippen LogP contribution is 2.32. The maximum absolute atomic E-state index is 6.27. The first-order valence-electron chi connectivity index (χ1n) is 10.4. The minimum Gasteiger partial charge on any atom is -0.361 e. The number of rotatable bonds is 5. The van der Waals surface area contributed by atoms with E-state index in [0.717, 1.165) is 49.8 Å². The first-order chi connectivity index (χ1) is 13.6. The van der Waals surface area contributed by atoms with Crippen LogP contribution in [0.5, 0.6) is 0 Å². The van der Waals surface area contributed by atoms with E-state index in [1.165, 1.54) is 5.56 Å². The molecule has 0 saturated carbocycles. The lowest BCUT2D eigenvalue weighted by atomic mass is 9.97. The highest BCUT2D eigenvalue weighted by atomic mass is 35.5. The molecule has 1 aromatic carbocycles. The number of pyridine rings is 1. The normalized spacial score (nSPS) is 24.2. The van der Waals surface area contributed by atoms with Gasteiger partial charge in [-0.3, -0.25) is 4.90 Å². The molecule has 0 amide bonds. The zero-order chi connectivity index (χ0) is 19.5. The molecule has 0 radical (unpaired) electrons. The van der Waals surface area contributed by atoms with Crippen molar-refractivity contribution in [3.8, 4) is 0 Å². The van der Waals surface area contributed by atoms with Crippen LogP contribution in [0.25, 0.3) is 0 Å². The third-order valence-corrected chi connectivity index (χ3v) is 6.24. The van der Waals surface area contributed by atoms with E-state index < -0.39 is 0 Å². The molecule has 28 heavy (non-hydrogen) atoms. The fraction of sp³-hybridized carbons (Fsp3) is 0.522. The predicted octanol–water partition coefficient (Wildman–Crippen LogP) is 4.63. The van der Waals surface area contributed by atoms with E-state index in [4.69, 9.17) is 16.3 Å². The quantitative estimate of drug-likeness (QED) is 0.732. The van der Waals surface area contributed by atoms with Gasteiger partial charge in [-0.25, -0.2) is 4.98 Å². The van der Waals surface area contributed by atoms with Crippen molar-refractivity contribution >= 4 is 17.4 Å². The second-order valence-corrected chi connectivity index (χ2v) is 8.74. The number of hydrogen-bond donors (Lipinski definition) is 0. The van der Waals surface area contributed by atoms with Gasteiger partial charge in [0.2, 0.25) is 0 Å².